The second-order valence-corrected chi connectivity index (χ2v) is 9.70. The Kier molecular flexibility index (Phi) is 9.44. The van der Waals surface area contributed by atoms with Crippen molar-refractivity contribution in [2.75, 3.05) is 26.2 Å². The SMILES string of the molecule is COC(=O)[C@H](C)NCOC[C@H]1O[C@@](C#N)(c2ccc3c(N)ncnn23)[C@H](OC(=O)C(C)C)[C@@H]1OC(=O)C(C)C. The van der Waals surface area contributed by atoms with Gasteiger partial charge in [0.05, 0.1) is 38.0 Å². The molecule has 0 amide bonds. The molecule has 1 aliphatic rings. The molecule has 0 radical (unpaired) electrons. The summed E-state index contributed by atoms with van der Waals surface area (Å²) in [6.07, 6.45) is -2.43. The largest absolute Gasteiger partial charge is 0.468 e. The molecule has 0 bridgehead atoms. The highest BCUT2D eigenvalue weighted by molar-refractivity contribution is 5.75. The number of esters is 3. The number of methoxy groups -OCH3 is 1. The van der Waals surface area contributed by atoms with Crippen LogP contribution in [0.5, 0.6) is 0 Å². The van der Waals surface area contributed by atoms with Crippen LogP contribution < -0.4 is 11.1 Å². The normalized spacial score (nSPS) is 23.5. The van der Waals surface area contributed by atoms with Gasteiger partial charge in [0.2, 0.25) is 5.60 Å². The maximum absolute atomic E-state index is 12.8. The van der Waals surface area contributed by atoms with Gasteiger partial charge in [-0.05, 0) is 19.1 Å². The molecule has 0 aliphatic carbocycles. The Morgan fingerprint density at radius 2 is 1.82 bits per heavy atom. The fourth-order valence-corrected chi connectivity index (χ4v) is 3.95. The van der Waals surface area contributed by atoms with Gasteiger partial charge in [-0.25, -0.2) is 9.50 Å². The van der Waals surface area contributed by atoms with Crippen LogP contribution in [-0.2, 0) is 43.7 Å². The lowest BCUT2D eigenvalue weighted by molar-refractivity contribution is -0.173. The van der Waals surface area contributed by atoms with Crippen LogP contribution in [0, 0.1) is 23.2 Å². The van der Waals surface area contributed by atoms with Crippen molar-refractivity contribution in [3.63, 3.8) is 0 Å². The van der Waals surface area contributed by atoms with Gasteiger partial charge in [0, 0.05) is 0 Å². The highest BCUT2D eigenvalue weighted by Gasteiger charge is 2.62. The van der Waals surface area contributed by atoms with Crippen LogP contribution in [0.15, 0.2) is 18.5 Å². The quantitative estimate of drug-likeness (QED) is 0.173. The molecule has 1 aliphatic heterocycles. The van der Waals surface area contributed by atoms with Gasteiger partial charge < -0.3 is 29.4 Å². The summed E-state index contributed by atoms with van der Waals surface area (Å²) in [6, 6.07) is 4.65. The van der Waals surface area contributed by atoms with Gasteiger partial charge in [-0.3, -0.25) is 19.7 Å². The molecule has 14 heteroatoms. The smallest absolute Gasteiger partial charge is 0.322 e. The van der Waals surface area contributed by atoms with E-state index in [0.717, 1.165) is 0 Å². The van der Waals surface area contributed by atoms with Crippen molar-refractivity contribution in [1.29, 1.82) is 5.26 Å². The molecule has 0 spiro atoms. The highest BCUT2D eigenvalue weighted by Crippen LogP contribution is 2.44. The first-order valence-electron chi connectivity index (χ1n) is 12.4. The monoisotopic (exact) mass is 546 g/mol. The Morgan fingerprint density at radius 1 is 1.15 bits per heavy atom. The number of carbonyl (C=O) groups is 3. The Hall–Kier alpha value is -3.80. The third-order valence-electron chi connectivity index (χ3n) is 6.20. The van der Waals surface area contributed by atoms with Gasteiger partial charge in [-0.15, -0.1) is 0 Å². The Balaban J connectivity index is 2.03. The number of nitrogens with one attached hydrogen (secondary N) is 1. The Labute approximate surface area is 225 Å². The molecule has 1 fully saturated rings. The number of anilines is 1. The molecular formula is C25H34N6O8. The van der Waals surface area contributed by atoms with E-state index in [1.807, 2.05) is 0 Å². The van der Waals surface area contributed by atoms with Crippen molar-refractivity contribution in [2.45, 2.75) is 64.6 Å². The first-order chi connectivity index (χ1) is 18.5. The number of hydrogen-bond acceptors (Lipinski definition) is 13. The number of nitrogens with zero attached hydrogens (tertiary/aromatic N) is 4. The molecule has 3 N–H and O–H groups in total. The van der Waals surface area contributed by atoms with Crippen molar-refractivity contribution in [2.24, 2.45) is 11.8 Å². The third-order valence-corrected chi connectivity index (χ3v) is 6.20. The van der Waals surface area contributed by atoms with E-state index in [1.54, 1.807) is 46.8 Å². The number of hydrogen-bond donors (Lipinski definition) is 2. The molecule has 3 rings (SSSR count). The number of aromatic nitrogens is 3. The number of carbonyl (C=O) groups excluding carboxylic acids is 3. The second kappa shape index (κ2) is 12.4. The van der Waals surface area contributed by atoms with Crippen molar-refractivity contribution >= 4 is 29.2 Å². The molecule has 2 aromatic rings. The van der Waals surface area contributed by atoms with Gasteiger partial charge in [0.25, 0.3) is 0 Å². The van der Waals surface area contributed by atoms with Gasteiger partial charge in [-0.1, -0.05) is 27.7 Å². The average Bonchev–Trinajstić information content (AvgIpc) is 3.47. The van der Waals surface area contributed by atoms with E-state index in [9.17, 15) is 19.6 Å². The van der Waals surface area contributed by atoms with E-state index in [1.165, 1.54) is 18.0 Å². The van der Waals surface area contributed by atoms with Crippen molar-refractivity contribution in [1.82, 2.24) is 19.9 Å². The van der Waals surface area contributed by atoms with Gasteiger partial charge >= 0.3 is 17.9 Å². The lowest BCUT2D eigenvalue weighted by Gasteiger charge is -2.29. The van der Waals surface area contributed by atoms with Gasteiger partial charge in [0.1, 0.15) is 30.1 Å². The first kappa shape index (κ1) is 29.8. The summed E-state index contributed by atoms with van der Waals surface area (Å²) in [4.78, 5) is 41.2. The summed E-state index contributed by atoms with van der Waals surface area (Å²) in [5.74, 6) is -2.61. The molecule has 5 atom stereocenters. The summed E-state index contributed by atoms with van der Waals surface area (Å²) in [7, 11) is 1.27. The van der Waals surface area contributed by atoms with Crippen LogP contribution >= 0.6 is 0 Å². The second-order valence-electron chi connectivity index (χ2n) is 9.70. The number of nitrogens with two attached hydrogens (primary N) is 1. The summed E-state index contributed by atoms with van der Waals surface area (Å²) < 4.78 is 29.6. The van der Waals surface area contributed by atoms with Gasteiger partial charge in [-0.2, -0.15) is 10.4 Å². The van der Waals surface area contributed by atoms with Crippen molar-refractivity contribution in [3.8, 4) is 6.07 Å². The zero-order valence-electron chi connectivity index (χ0n) is 22.7. The number of ether oxygens (including phenoxy) is 5. The lowest BCUT2D eigenvalue weighted by Crippen LogP contribution is -2.47. The van der Waals surface area contributed by atoms with E-state index in [4.69, 9.17) is 24.7 Å². The minimum atomic E-state index is -1.96. The summed E-state index contributed by atoms with van der Waals surface area (Å²) in [5.41, 5.74) is 4.62. The number of nitriles is 1. The predicted octanol–water partition coefficient (Wildman–Crippen LogP) is 0.690. The molecule has 39 heavy (non-hydrogen) atoms. The first-order valence-corrected chi connectivity index (χ1v) is 12.4. The maximum atomic E-state index is 12.8. The van der Waals surface area contributed by atoms with E-state index in [-0.39, 0.29) is 24.8 Å². The maximum Gasteiger partial charge on any atom is 0.322 e. The topological polar surface area (TPSA) is 189 Å². The fraction of sp³-hybridized carbons (Fsp3) is 0.600. The predicted molar refractivity (Wildman–Crippen MR) is 134 cm³/mol. The lowest BCUT2D eigenvalue weighted by atomic mass is 9.92. The van der Waals surface area contributed by atoms with Crippen LogP contribution in [0.25, 0.3) is 5.52 Å². The van der Waals surface area contributed by atoms with Crippen LogP contribution in [0.1, 0.15) is 40.3 Å². The third kappa shape index (κ3) is 6.11. The summed E-state index contributed by atoms with van der Waals surface area (Å²) >= 11 is 0. The fourth-order valence-electron chi connectivity index (χ4n) is 3.95. The summed E-state index contributed by atoms with van der Waals surface area (Å²) in [6.45, 7) is 7.89. The van der Waals surface area contributed by atoms with E-state index < -0.39 is 59.7 Å². The van der Waals surface area contributed by atoms with Crippen molar-refractivity contribution in [3.05, 3.63) is 24.2 Å². The Bertz CT molecular complexity index is 1240. The molecule has 1 saturated heterocycles. The molecule has 2 aromatic heterocycles. The molecule has 0 aromatic carbocycles. The highest BCUT2D eigenvalue weighted by atomic mass is 16.7. The molecule has 3 heterocycles. The van der Waals surface area contributed by atoms with E-state index in [0.29, 0.717) is 5.52 Å². The van der Waals surface area contributed by atoms with Crippen LogP contribution in [0.3, 0.4) is 0 Å². The van der Waals surface area contributed by atoms with E-state index >= 15 is 0 Å². The zero-order chi connectivity index (χ0) is 28.9. The molecule has 212 valence electrons. The molecule has 14 nitrogen and oxygen atoms in total. The van der Waals surface area contributed by atoms with Crippen LogP contribution in [0.4, 0.5) is 5.82 Å². The Morgan fingerprint density at radius 3 is 2.44 bits per heavy atom. The minimum absolute atomic E-state index is 0.0885. The minimum Gasteiger partial charge on any atom is -0.468 e. The molecule has 0 unspecified atom stereocenters. The molecule has 0 saturated carbocycles. The summed E-state index contributed by atoms with van der Waals surface area (Å²) in [5, 5.41) is 17.6. The van der Waals surface area contributed by atoms with Crippen LogP contribution in [-0.4, -0.2) is 77.3 Å². The number of nitrogen functional groups attached to an aromatic ring is 1. The standard InChI is InChI=1S/C25H34N6O8/c1-13(2)22(32)37-19-17(9-36-12-29-15(5)24(34)35-6)39-25(10-26,20(19)38-23(33)14(3)4)18-8-7-16-21(27)28-11-30-31(16)18/h7-8,11,13-15,17,19-20,29H,9,12H2,1-6H3,(H2,27,28,30)/t15-,17+,19+,20+,25-/m0/s1. The number of rotatable bonds is 11. The van der Waals surface area contributed by atoms with Gasteiger partial charge in [0.15, 0.2) is 18.0 Å². The van der Waals surface area contributed by atoms with Crippen LogP contribution in [0.2, 0.25) is 0 Å². The van der Waals surface area contributed by atoms with E-state index in [2.05, 4.69) is 26.2 Å². The zero-order valence-corrected chi connectivity index (χ0v) is 22.7. The average molecular weight is 547 g/mol. The molecular weight excluding hydrogens is 512 g/mol. The number of fused-ring (bicyclic) bond motifs is 1. The van der Waals surface area contributed by atoms with Crippen molar-refractivity contribution < 1.29 is 38.1 Å².